The molecule has 0 saturated carbocycles. The highest BCUT2D eigenvalue weighted by Crippen LogP contribution is 2.42. The van der Waals surface area contributed by atoms with Gasteiger partial charge in [-0.2, -0.15) is 5.26 Å². The van der Waals surface area contributed by atoms with E-state index in [1.54, 1.807) is 36.8 Å². The Bertz CT molecular complexity index is 1390. The highest BCUT2D eigenvalue weighted by atomic mass is 35.5. The van der Waals surface area contributed by atoms with Crippen LogP contribution < -0.4 is 10.1 Å². The van der Waals surface area contributed by atoms with Gasteiger partial charge in [-0.1, -0.05) is 23.7 Å². The minimum Gasteiger partial charge on any atom is -0.511 e. The van der Waals surface area contributed by atoms with E-state index in [0.29, 0.717) is 27.8 Å². The fourth-order valence-electron chi connectivity index (χ4n) is 3.18. The Morgan fingerprint density at radius 2 is 2.03 bits per heavy atom. The van der Waals surface area contributed by atoms with Crippen molar-refractivity contribution in [2.24, 2.45) is 0 Å². The van der Waals surface area contributed by atoms with Gasteiger partial charge in [-0.3, -0.25) is 10.1 Å². The van der Waals surface area contributed by atoms with E-state index in [4.69, 9.17) is 26.0 Å². The molecule has 160 valence electrons. The highest BCUT2D eigenvalue weighted by Gasteiger charge is 2.22. The number of carbonyl (C=O) groups is 1. The van der Waals surface area contributed by atoms with Crippen molar-refractivity contribution in [3.8, 4) is 34.4 Å². The van der Waals surface area contributed by atoms with E-state index in [1.165, 1.54) is 18.3 Å². The number of nitrogens with one attached hydrogen (secondary N) is 1. The van der Waals surface area contributed by atoms with Gasteiger partial charge in [0.05, 0.1) is 7.11 Å². The first-order chi connectivity index (χ1) is 15.4. The van der Waals surface area contributed by atoms with Crippen LogP contribution in [0.5, 0.6) is 5.75 Å². The number of aliphatic hydroxyl groups excluding tert-OH is 1. The zero-order valence-electron chi connectivity index (χ0n) is 17.0. The van der Waals surface area contributed by atoms with Crippen LogP contribution in [-0.2, 0) is 4.79 Å². The van der Waals surface area contributed by atoms with Crippen LogP contribution in [0.4, 0.5) is 5.13 Å². The Kier molecular flexibility index (Phi) is 5.86. The minimum absolute atomic E-state index is 0.263. The maximum absolute atomic E-state index is 12.2. The number of halogens is 1. The molecule has 0 aliphatic carbocycles. The molecule has 0 radical (unpaired) electrons. The molecule has 0 fully saturated rings. The predicted octanol–water partition coefficient (Wildman–Crippen LogP) is 6.18. The molecule has 2 N–H and O–H groups in total. The van der Waals surface area contributed by atoms with Gasteiger partial charge in [-0.25, -0.2) is 4.98 Å². The smallest absolute Gasteiger partial charge is 0.271 e. The third-order valence-electron chi connectivity index (χ3n) is 4.69. The van der Waals surface area contributed by atoms with E-state index in [9.17, 15) is 9.90 Å². The van der Waals surface area contributed by atoms with Crippen LogP contribution in [0.15, 0.2) is 63.6 Å². The summed E-state index contributed by atoms with van der Waals surface area (Å²) in [7, 11) is 1.59. The zero-order chi connectivity index (χ0) is 22.8. The SMILES string of the molecule is COc1ccc2oc(-c3csc(NC(=O)/C(C#N)=C(/C)O)n3)c(-c3ccc(Cl)cc3)c2c1. The van der Waals surface area contributed by atoms with Crippen molar-refractivity contribution in [1.82, 2.24) is 4.98 Å². The summed E-state index contributed by atoms with van der Waals surface area (Å²) in [5, 5.41) is 24.5. The second-order valence-electron chi connectivity index (χ2n) is 6.74. The van der Waals surface area contributed by atoms with Gasteiger partial charge in [0.1, 0.15) is 28.9 Å². The standard InChI is InChI=1S/C23H16ClN3O4S/c1-12(28)17(10-25)22(29)27-23-26-18(11-32-23)21-20(13-3-5-14(24)6-4-13)16-9-15(30-2)7-8-19(16)31-21/h3-9,11,28H,1-2H3,(H,26,27,29)/b17-12-. The number of benzene rings is 2. The topological polar surface area (TPSA) is 108 Å². The number of ether oxygens (including phenoxy) is 1. The summed E-state index contributed by atoms with van der Waals surface area (Å²) in [5.41, 5.74) is 2.46. The fraction of sp³-hybridized carbons (Fsp3) is 0.0870. The molecule has 32 heavy (non-hydrogen) atoms. The molecule has 7 nitrogen and oxygen atoms in total. The van der Waals surface area contributed by atoms with Gasteiger partial charge >= 0.3 is 0 Å². The molecule has 4 rings (SSSR count). The summed E-state index contributed by atoms with van der Waals surface area (Å²) in [5.74, 6) is 0.0990. The van der Waals surface area contributed by atoms with E-state index < -0.39 is 5.91 Å². The normalized spacial score (nSPS) is 11.7. The van der Waals surface area contributed by atoms with Crippen molar-refractivity contribution in [1.29, 1.82) is 5.26 Å². The predicted molar refractivity (Wildman–Crippen MR) is 124 cm³/mol. The number of anilines is 1. The Morgan fingerprint density at radius 3 is 2.69 bits per heavy atom. The monoisotopic (exact) mass is 465 g/mol. The molecular formula is C23H16ClN3O4S. The molecule has 9 heteroatoms. The molecule has 0 spiro atoms. The molecule has 0 saturated heterocycles. The Morgan fingerprint density at radius 1 is 1.28 bits per heavy atom. The van der Waals surface area contributed by atoms with Crippen LogP contribution in [0.25, 0.3) is 33.6 Å². The number of carbonyl (C=O) groups excluding carboxylic acids is 1. The van der Waals surface area contributed by atoms with E-state index in [1.807, 2.05) is 24.3 Å². The number of aliphatic hydroxyl groups is 1. The summed E-state index contributed by atoms with van der Waals surface area (Å²) in [6, 6.07) is 14.5. The first kappa shape index (κ1) is 21.4. The Labute approximate surface area is 192 Å². The number of nitriles is 1. The zero-order valence-corrected chi connectivity index (χ0v) is 18.5. The van der Waals surface area contributed by atoms with Crippen LogP contribution in [-0.4, -0.2) is 23.1 Å². The van der Waals surface area contributed by atoms with Crippen LogP contribution in [0.1, 0.15) is 6.92 Å². The molecule has 4 aromatic rings. The summed E-state index contributed by atoms with van der Waals surface area (Å²) in [6.45, 7) is 1.27. The van der Waals surface area contributed by atoms with Gasteiger partial charge in [0, 0.05) is 21.4 Å². The number of aromatic nitrogens is 1. The number of methoxy groups -OCH3 is 1. The number of allylic oxidation sites excluding steroid dienone is 1. The lowest BCUT2D eigenvalue weighted by molar-refractivity contribution is -0.112. The van der Waals surface area contributed by atoms with Crippen molar-refractivity contribution in [2.45, 2.75) is 6.92 Å². The van der Waals surface area contributed by atoms with Crippen LogP contribution in [0, 0.1) is 11.3 Å². The lowest BCUT2D eigenvalue weighted by Gasteiger charge is -2.04. The van der Waals surface area contributed by atoms with Gasteiger partial charge in [-0.15, -0.1) is 11.3 Å². The summed E-state index contributed by atoms with van der Waals surface area (Å²) in [4.78, 5) is 16.7. The number of furan rings is 1. The van der Waals surface area contributed by atoms with Crippen molar-refractivity contribution in [3.05, 3.63) is 64.2 Å². The number of amides is 1. The Balaban J connectivity index is 1.81. The van der Waals surface area contributed by atoms with Gasteiger partial charge in [0.2, 0.25) is 0 Å². The largest absolute Gasteiger partial charge is 0.511 e. The van der Waals surface area contributed by atoms with Crippen molar-refractivity contribution < 1.29 is 19.1 Å². The molecular weight excluding hydrogens is 450 g/mol. The van der Waals surface area contributed by atoms with Gasteiger partial charge in [0.25, 0.3) is 5.91 Å². The second-order valence-corrected chi connectivity index (χ2v) is 8.03. The number of nitrogens with zero attached hydrogens (tertiary/aromatic N) is 2. The lowest BCUT2D eigenvalue weighted by Crippen LogP contribution is -2.14. The number of rotatable bonds is 5. The maximum atomic E-state index is 12.2. The van der Waals surface area contributed by atoms with Crippen LogP contribution in [0.3, 0.4) is 0 Å². The van der Waals surface area contributed by atoms with Crippen molar-refractivity contribution in [3.63, 3.8) is 0 Å². The van der Waals surface area contributed by atoms with Crippen LogP contribution in [0.2, 0.25) is 5.02 Å². The van der Waals surface area contributed by atoms with Crippen LogP contribution >= 0.6 is 22.9 Å². The van der Waals surface area contributed by atoms with Crippen molar-refractivity contribution >= 4 is 44.9 Å². The number of thiazole rings is 1. The van der Waals surface area contributed by atoms with E-state index >= 15 is 0 Å². The molecule has 0 atom stereocenters. The highest BCUT2D eigenvalue weighted by molar-refractivity contribution is 7.14. The number of hydrogen-bond acceptors (Lipinski definition) is 7. The van der Waals surface area contributed by atoms with Gasteiger partial charge < -0.3 is 14.3 Å². The second kappa shape index (κ2) is 8.75. The minimum atomic E-state index is -0.735. The summed E-state index contributed by atoms with van der Waals surface area (Å²) < 4.78 is 11.5. The van der Waals surface area contributed by atoms with E-state index in [-0.39, 0.29) is 16.5 Å². The quantitative estimate of drug-likeness (QED) is 0.207. The first-order valence-corrected chi connectivity index (χ1v) is 10.6. The third kappa shape index (κ3) is 4.04. The number of hydrogen-bond donors (Lipinski definition) is 2. The summed E-state index contributed by atoms with van der Waals surface area (Å²) >= 11 is 7.24. The first-order valence-electron chi connectivity index (χ1n) is 9.35. The maximum Gasteiger partial charge on any atom is 0.271 e. The fourth-order valence-corrected chi connectivity index (χ4v) is 3.99. The molecule has 0 unspecified atom stereocenters. The molecule has 2 heterocycles. The van der Waals surface area contributed by atoms with Gasteiger partial charge in [-0.05, 0) is 42.8 Å². The molecule has 2 aromatic heterocycles. The Hall–Kier alpha value is -3.80. The molecule has 0 aliphatic heterocycles. The molecule has 0 bridgehead atoms. The summed E-state index contributed by atoms with van der Waals surface area (Å²) in [6.07, 6.45) is 0. The lowest BCUT2D eigenvalue weighted by atomic mass is 10.0. The molecule has 1 amide bonds. The van der Waals surface area contributed by atoms with E-state index in [2.05, 4.69) is 10.3 Å². The average molecular weight is 466 g/mol. The van der Waals surface area contributed by atoms with E-state index in [0.717, 1.165) is 16.5 Å². The molecule has 2 aromatic carbocycles. The van der Waals surface area contributed by atoms with Crippen molar-refractivity contribution in [2.75, 3.05) is 12.4 Å². The third-order valence-corrected chi connectivity index (χ3v) is 5.70. The van der Waals surface area contributed by atoms with Gasteiger partial charge in [0.15, 0.2) is 16.5 Å². The molecule has 0 aliphatic rings. The number of fused-ring (bicyclic) bond motifs is 1. The average Bonchev–Trinajstić information content (AvgIpc) is 3.38.